The van der Waals surface area contributed by atoms with E-state index in [0.29, 0.717) is 37.3 Å². The van der Waals surface area contributed by atoms with E-state index in [4.69, 9.17) is 32.7 Å². The van der Waals surface area contributed by atoms with Gasteiger partial charge in [-0.2, -0.15) is 10.2 Å². The van der Waals surface area contributed by atoms with Gasteiger partial charge in [0.05, 0.1) is 25.5 Å². The molecule has 1 aromatic carbocycles. The molecule has 0 aliphatic carbocycles. The van der Waals surface area contributed by atoms with Crippen LogP contribution in [0.5, 0.6) is 5.75 Å². The quantitative estimate of drug-likeness (QED) is 0.118. The number of ether oxygens (including phenoxy) is 5. The highest BCUT2D eigenvalue weighted by molar-refractivity contribution is 7.52. The lowest BCUT2D eigenvalue weighted by molar-refractivity contribution is -0.171. The number of anilines is 1. The summed E-state index contributed by atoms with van der Waals surface area (Å²) in [5, 5.41) is 9.77. The lowest BCUT2D eigenvalue weighted by Crippen LogP contribution is -2.48. The summed E-state index contributed by atoms with van der Waals surface area (Å²) in [4.78, 5) is 55.3. The maximum absolute atomic E-state index is 14.5. The molecular formula is C35H46N5O12P. The Labute approximate surface area is 306 Å². The number of rotatable bonds is 16. The molecular weight excluding hydrogens is 713 g/mol. The molecule has 3 aromatic rings. The molecule has 0 bridgehead atoms. The van der Waals surface area contributed by atoms with Crippen LogP contribution >= 0.6 is 7.75 Å². The van der Waals surface area contributed by atoms with Crippen molar-refractivity contribution in [3.63, 3.8) is 0 Å². The molecule has 2 aliphatic rings. The minimum atomic E-state index is -4.43. The number of hydrogen-bond acceptors (Lipinski definition) is 14. The third-order valence-electron chi connectivity index (χ3n) is 8.70. The van der Waals surface area contributed by atoms with Gasteiger partial charge >= 0.3 is 25.7 Å². The number of benzene rings is 1. The Hall–Kier alpha value is -4.41. The molecule has 2 fully saturated rings. The molecule has 2 N–H and O–H groups in total. The van der Waals surface area contributed by atoms with Crippen molar-refractivity contribution in [2.45, 2.75) is 103 Å². The fourth-order valence-electron chi connectivity index (χ4n) is 5.81. The van der Waals surface area contributed by atoms with Crippen LogP contribution in [0.4, 0.5) is 5.82 Å². The number of hydrogen-bond donors (Lipinski definition) is 2. The largest absolute Gasteiger partial charge is 0.461 e. The highest BCUT2D eigenvalue weighted by Gasteiger charge is 2.59. The summed E-state index contributed by atoms with van der Waals surface area (Å²) in [5.74, 6) is -1.74. The van der Waals surface area contributed by atoms with E-state index in [0.717, 1.165) is 0 Å². The van der Waals surface area contributed by atoms with Crippen LogP contribution in [0, 0.1) is 0 Å². The van der Waals surface area contributed by atoms with Crippen LogP contribution in [0.25, 0.3) is 5.52 Å². The molecule has 6 atom stereocenters. The number of esters is 3. The molecule has 0 radical (unpaired) electrons. The van der Waals surface area contributed by atoms with Gasteiger partial charge in [0, 0.05) is 32.1 Å². The summed E-state index contributed by atoms with van der Waals surface area (Å²) in [7, 11) is -4.43. The number of amides is 1. The van der Waals surface area contributed by atoms with Gasteiger partial charge in [-0.15, -0.1) is 0 Å². The second-order valence-corrected chi connectivity index (χ2v) is 14.5. The van der Waals surface area contributed by atoms with Crippen molar-refractivity contribution in [1.29, 1.82) is 0 Å². The van der Waals surface area contributed by atoms with Gasteiger partial charge in [0.25, 0.3) is 0 Å². The van der Waals surface area contributed by atoms with Crippen LogP contribution in [-0.2, 0) is 52.0 Å². The Bertz CT molecular complexity index is 1800. The summed E-state index contributed by atoms with van der Waals surface area (Å²) in [6.45, 7) is 8.32. The minimum Gasteiger partial charge on any atom is -0.461 e. The Balaban J connectivity index is 1.48. The SMILES string of the molecule is CCC(=O)Nc1ncnn2c([C@@H]3O[C@](C)(COP(=O)(N[C@@H](C)C(=O)OC4CCOCC4)Oc4ccccc4)[C@@H](OC(=O)CC)[C@H]3OC(=O)CC)ccc12. The average Bonchev–Trinajstić information content (AvgIpc) is 3.70. The maximum atomic E-state index is 14.5. The number of carbonyl (C=O) groups excluding carboxylic acids is 4. The number of aromatic nitrogens is 3. The van der Waals surface area contributed by atoms with Crippen LogP contribution in [0.15, 0.2) is 48.8 Å². The Morgan fingerprint density at radius 3 is 2.36 bits per heavy atom. The molecule has 2 aromatic heterocycles. The summed E-state index contributed by atoms with van der Waals surface area (Å²) in [5.41, 5.74) is -0.837. The zero-order chi connectivity index (χ0) is 38.2. The van der Waals surface area contributed by atoms with Crippen molar-refractivity contribution in [1.82, 2.24) is 19.7 Å². The van der Waals surface area contributed by atoms with Gasteiger partial charge in [0.15, 0.2) is 18.0 Å². The normalized spacial score (nSPS) is 23.5. The van der Waals surface area contributed by atoms with Gasteiger partial charge in [0.1, 0.15) is 41.4 Å². The lowest BCUT2D eigenvalue weighted by Gasteiger charge is -2.32. The predicted molar refractivity (Wildman–Crippen MR) is 188 cm³/mol. The van der Waals surface area contributed by atoms with Gasteiger partial charge in [-0.1, -0.05) is 39.0 Å². The fourth-order valence-corrected chi connectivity index (χ4v) is 7.40. The van der Waals surface area contributed by atoms with E-state index in [1.807, 2.05) is 0 Å². The summed E-state index contributed by atoms with van der Waals surface area (Å²) in [6, 6.07) is 10.4. The number of fused-ring (bicyclic) bond motifs is 1. The van der Waals surface area contributed by atoms with Crippen LogP contribution in [0.3, 0.4) is 0 Å². The van der Waals surface area contributed by atoms with Gasteiger partial charge in [-0.3, -0.25) is 23.7 Å². The van der Waals surface area contributed by atoms with Gasteiger partial charge in [-0.05, 0) is 38.1 Å². The molecule has 17 nitrogen and oxygen atoms in total. The lowest BCUT2D eigenvalue weighted by atomic mass is 9.96. The Morgan fingerprint density at radius 2 is 1.68 bits per heavy atom. The van der Waals surface area contributed by atoms with E-state index in [2.05, 4.69) is 20.5 Å². The van der Waals surface area contributed by atoms with E-state index in [1.165, 1.54) is 17.8 Å². The summed E-state index contributed by atoms with van der Waals surface area (Å²) < 4.78 is 57.3. The summed E-state index contributed by atoms with van der Waals surface area (Å²) >= 11 is 0. The zero-order valence-corrected chi connectivity index (χ0v) is 31.2. The monoisotopic (exact) mass is 759 g/mol. The smallest absolute Gasteiger partial charge is 0.459 e. The second kappa shape index (κ2) is 17.6. The number of nitrogens with zero attached hydrogens (tertiary/aromatic N) is 3. The van der Waals surface area contributed by atoms with Crippen molar-refractivity contribution in [2.24, 2.45) is 0 Å². The van der Waals surface area contributed by atoms with Gasteiger partial charge in [0.2, 0.25) is 5.91 Å². The van der Waals surface area contributed by atoms with Crippen LogP contribution in [0.1, 0.15) is 78.5 Å². The molecule has 18 heteroatoms. The first-order chi connectivity index (χ1) is 25.4. The van der Waals surface area contributed by atoms with E-state index in [-0.39, 0.29) is 42.8 Å². The first-order valence-electron chi connectivity index (χ1n) is 17.6. The molecule has 53 heavy (non-hydrogen) atoms. The molecule has 288 valence electrons. The standard InChI is InChI=1S/C35H46N5O12P/c1-6-27(41)38-33-26-15-14-25(40(26)37-21-36-33)30-31(49-28(42)7-2)32(50-29(43)8-3)35(5,51-30)20-47-53(45,52-24-12-10-9-11-13-24)39-22(4)34(44)48-23-16-18-46-19-17-23/h9-15,21-23,30-32H,6-8,16-20H2,1-5H3,(H,39,45)(H,36,37,38,41)/t22-,30-,31-,32-,35+,53?/m0/s1. The van der Waals surface area contributed by atoms with Gasteiger partial charge < -0.3 is 33.5 Å². The van der Waals surface area contributed by atoms with Crippen molar-refractivity contribution in [2.75, 3.05) is 25.1 Å². The van der Waals surface area contributed by atoms with Crippen LogP contribution < -0.4 is 14.9 Å². The third kappa shape index (κ3) is 9.78. The predicted octanol–water partition coefficient (Wildman–Crippen LogP) is 4.46. The maximum Gasteiger partial charge on any atom is 0.459 e. The molecule has 2 aliphatic heterocycles. The number of para-hydroxylation sites is 1. The van der Waals surface area contributed by atoms with Crippen molar-refractivity contribution < 1.29 is 56.5 Å². The van der Waals surface area contributed by atoms with Gasteiger partial charge in [-0.25, -0.2) is 14.1 Å². The highest BCUT2D eigenvalue weighted by atomic mass is 31.2. The molecule has 2 saturated heterocycles. The minimum absolute atomic E-state index is 0.00105. The molecule has 0 spiro atoms. The fraction of sp³-hybridized carbons (Fsp3) is 0.543. The van der Waals surface area contributed by atoms with Crippen LogP contribution in [-0.4, -0.2) is 88.2 Å². The van der Waals surface area contributed by atoms with Crippen LogP contribution in [0.2, 0.25) is 0 Å². The summed E-state index contributed by atoms with van der Waals surface area (Å²) in [6.07, 6.45) is -1.48. The molecule has 4 heterocycles. The van der Waals surface area contributed by atoms with E-state index >= 15 is 0 Å². The molecule has 1 unspecified atom stereocenters. The molecule has 1 amide bonds. The number of carbonyl (C=O) groups is 4. The van der Waals surface area contributed by atoms with Crippen molar-refractivity contribution in [3.05, 3.63) is 54.5 Å². The average molecular weight is 760 g/mol. The Kier molecular flexibility index (Phi) is 13.2. The number of nitrogens with one attached hydrogen (secondary N) is 2. The van der Waals surface area contributed by atoms with Crippen molar-refractivity contribution >= 4 is 42.9 Å². The zero-order valence-electron chi connectivity index (χ0n) is 30.4. The van der Waals surface area contributed by atoms with E-state index in [9.17, 15) is 23.7 Å². The van der Waals surface area contributed by atoms with E-state index < -0.39 is 62.2 Å². The van der Waals surface area contributed by atoms with Crippen molar-refractivity contribution in [3.8, 4) is 5.75 Å². The molecule has 0 saturated carbocycles. The molecule has 5 rings (SSSR count). The second-order valence-electron chi connectivity index (χ2n) is 12.8. The first kappa shape index (κ1) is 39.8. The topological polar surface area (TPSA) is 204 Å². The third-order valence-corrected chi connectivity index (χ3v) is 10.3. The Morgan fingerprint density at radius 1 is 0.981 bits per heavy atom. The first-order valence-corrected chi connectivity index (χ1v) is 19.2. The highest BCUT2D eigenvalue weighted by Crippen LogP contribution is 2.50. The van der Waals surface area contributed by atoms with E-state index in [1.54, 1.807) is 70.2 Å².